The number of H-pyrrole nitrogens is 1. The van der Waals surface area contributed by atoms with E-state index in [0.717, 1.165) is 11.1 Å². The first kappa shape index (κ1) is 29.3. The summed E-state index contributed by atoms with van der Waals surface area (Å²) in [5.74, 6) is -1.63. The highest BCUT2D eigenvalue weighted by molar-refractivity contribution is 5.87. The fourth-order valence-electron chi connectivity index (χ4n) is 6.68. The molecule has 220 valence electrons. The molecular weight excluding hydrogens is 522 g/mol. The van der Waals surface area contributed by atoms with Gasteiger partial charge in [-0.25, -0.2) is 9.59 Å². The summed E-state index contributed by atoms with van der Waals surface area (Å²) in [6.07, 6.45) is 5.93. The molecule has 41 heavy (non-hydrogen) atoms. The van der Waals surface area contributed by atoms with Crippen LogP contribution in [0.15, 0.2) is 72.5 Å². The van der Waals surface area contributed by atoms with Crippen molar-refractivity contribution >= 4 is 11.9 Å². The molecule has 1 aromatic carbocycles. The number of nitrogens with one attached hydrogen (secondary N) is 1. The summed E-state index contributed by atoms with van der Waals surface area (Å²) < 4.78 is 24.9. The van der Waals surface area contributed by atoms with E-state index in [1.807, 2.05) is 44.2 Å². The molecule has 2 N–H and O–H groups in total. The highest BCUT2D eigenvalue weighted by atomic mass is 16.6. The third kappa shape index (κ3) is 5.65. The van der Waals surface area contributed by atoms with Gasteiger partial charge in [0.15, 0.2) is 6.10 Å². The van der Waals surface area contributed by atoms with Crippen LogP contribution in [0.5, 0.6) is 0 Å². The first-order valence-corrected chi connectivity index (χ1v) is 14.5. The summed E-state index contributed by atoms with van der Waals surface area (Å²) in [6, 6.07) is 13.2. The number of ether oxygens (including phenoxy) is 4. The first-order valence-electron chi connectivity index (χ1n) is 14.5. The van der Waals surface area contributed by atoms with Gasteiger partial charge in [0.1, 0.15) is 24.0 Å². The number of benzene rings is 1. The molecule has 0 saturated carbocycles. The van der Waals surface area contributed by atoms with Crippen molar-refractivity contribution in [2.75, 3.05) is 7.11 Å². The topological polar surface area (TPSA) is 107 Å². The number of aliphatic hydroxyl groups is 1. The number of rotatable bonds is 7. The Hall–Kier alpha value is -3.20. The molecular formula is C33H41NO7. The Balaban J connectivity index is 1.53. The van der Waals surface area contributed by atoms with Gasteiger partial charge >= 0.3 is 11.9 Å². The number of aromatic amines is 1. The van der Waals surface area contributed by atoms with Crippen molar-refractivity contribution in [3.63, 3.8) is 0 Å². The van der Waals surface area contributed by atoms with Crippen LogP contribution in [0.25, 0.3) is 0 Å². The summed E-state index contributed by atoms with van der Waals surface area (Å²) in [5.41, 5.74) is 1.57. The average molecular weight is 564 g/mol. The Morgan fingerprint density at radius 1 is 1.15 bits per heavy atom. The molecule has 8 nitrogen and oxygen atoms in total. The van der Waals surface area contributed by atoms with Crippen molar-refractivity contribution in [3.05, 3.63) is 83.7 Å². The molecule has 2 bridgehead atoms. The van der Waals surface area contributed by atoms with Gasteiger partial charge in [-0.3, -0.25) is 0 Å². The summed E-state index contributed by atoms with van der Waals surface area (Å²) in [6.45, 7) is 7.70. The van der Waals surface area contributed by atoms with E-state index < -0.39 is 48.1 Å². The van der Waals surface area contributed by atoms with E-state index in [-0.39, 0.29) is 23.7 Å². The molecule has 3 aliphatic rings. The molecule has 0 amide bonds. The van der Waals surface area contributed by atoms with Crippen LogP contribution in [0.4, 0.5) is 0 Å². The molecule has 2 aliphatic heterocycles. The number of cyclic esters (lactones) is 1. The minimum Gasteiger partial charge on any atom is -0.455 e. The molecule has 1 spiro atoms. The van der Waals surface area contributed by atoms with E-state index in [0.29, 0.717) is 18.5 Å². The van der Waals surface area contributed by atoms with E-state index in [4.69, 9.17) is 18.9 Å². The number of carbonyl (C=O) groups excluding carboxylic acids is 2. The van der Waals surface area contributed by atoms with E-state index in [9.17, 15) is 14.7 Å². The zero-order valence-electron chi connectivity index (χ0n) is 24.4. The quantitative estimate of drug-likeness (QED) is 0.353. The second-order valence-corrected chi connectivity index (χ2v) is 11.8. The number of aromatic nitrogens is 1. The van der Waals surface area contributed by atoms with Crippen molar-refractivity contribution in [2.45, 2.75) is 76.7 Å². The van der Waals surface area contributed by atoms with Crippen molar-refractivity contribution in [1.29, 1.82) is 0 Å². The lowest BCUT2D eigenvalue weighted by Gasteiger charge is -2.41. The lowest BCUT2D eigenvalue weighted by molar-refractivity contribution is -0.167. The zero-order valence-corrected chi connectivity index (χ0v) is 24.4. The van der Waals surface area contributed by atoms with Gasteiger partial charge in [0.05, 0.1) is 11.7 Å². The maximum Gasteiger partial charge on any atom is 0.355 e. The lowest BCUT2D eigenvalue weighted by atomic mass is 9.69. The van der Waals surface area contributed by atoms with E-state index in [1.54, 1.807) is 25.3 Å². The van der Waals surface area contributed by atoms with Crippen molar-refractivity contribution in [1.82, 2.24) is 4.98 Å². The van der Waals surface area contributed by atoms with Crippen LogP contribution in [0.2, 0.25) is 0 Å². The molecule has 1 saturated heterocycles. The molecule has 2 aromatic rings. The third-order valence-corrected chi connectivity index (χ3v) is 9.21. The van der Waals surface area contributed by atoms with Crippen LogP contribution in [-0.4, -0.2) is 59.2 Å². The minimum atomic E-state index is -0.775. The molecule has 1 aromatic heterocycles. The molecule has 5 rings (SSSR count). The molecule has 0 radical (unpaired) electrons. The number of hydrogen-bond donors (Lipinski definition) is 2. The Morgan fingerprint density at radius 3 is 2.56 bits per heavy atom. The van der Waals surface area contributed by atoms with Crippen LogP contribution in [0, 0.1) is 23.7 Å². The van der Waals surface area contributed by atoms with Gasteiger partial charge in [0.25, 0.3) is 0 Å². The molecule has 0 unspecified atom stereocenters. The monoisotopic (exact) mass is 563 g/mol. The minimum absolute atomic E-state index is 0.0478. The van der Waals surface area contributed by atoms with Crippen LogP contribution in [0.3, 0.4) is 0 Å². The standard InChI is InChI=1S/C33H41NO7/c1-19-16-20(2)33-18-24(30(41-33)29(21(3)22(4)35)40-31(36)26-12-9-15-34-26)13-14-25(33)17-27(38-5)32(37)39-28(19)23-10-7-6-8-11-23/h6-16,19,21-22,24-25,27-30,34-35H,17-18H2,1-5H3/b20-16+/t19-,21-,22+,24-,25-,27+,28+,29-,30-,33+/m1/s1. The number of methoxy groups -OCH3 is 1. The summed E-state index contributed by atoms with van der Waals surface area (Å²) in [5, 5.41) is 10.6. The number of esters is 2. The van der Waals surface area contributed by atoms with Gasteiger partial charge in [-0.15, -0.1) is 0 Å². The van der Waals surface area contributed by atoms with Gasteiger partial charge in [-0.2, -0.15) is 0 Å². The highest BCUT2D eigenvalue weighted by Gasteiger charge is 2.57. The highest BCUT2D eigenvalue weighted by Crippen LogP contribution is 2.53. The maximum absolute atomic E-state index is 13.4. The predicted molar refractivity (Wildman–Crippen MR) is 153 cm³/mol. The van der Waals surface area contributed by atoms with E-state index in [1.165, 1.54) is 7.11 Å². The van der Waals surface area contributed by atoms with Gasteiger partial charge in [0.2, 0.25) is 0 Å². The summed E-state index contributed by atoms with van der Waals surface area (Å²) in [7, 11) is 1.53. The summed E-state index contributed by atoms with van der Waals surface area (Å²) >= 11 is 0. The van der Waals surface area contributed by atoms with Gasteiger partial charge in [-0.05, 0) is 50.0 Å². The molecule has 3 heterocycles. The van der Waals surface area contributed by atoms with E-state index in [2.05, 4.69) is 30.1 Å². The van der Waals surface area contributed by atoms with Gasteiger partial charge in [0, 0.05) is 37.0 Å². The number of aliphatic hydroxyl groups excluding tert-OH is 1. The molecule has 10 atom stereocenters. The Kier molecular flexibility index (Phi) is 8.55. The van der Waals surface area contributed by atoms with Crippen LogP contribution in [-0.2, 0) is 23.7 Å². The largest absolute Gasteiger partial charge is 0.455 e. The fourth-order valence-corrected chi connectivity index (χ4v) is 6.68. The third-order valence-electron chi connectivity index (χ3n) is 9.21. The second kappa shape index (κ2) is 12.0. The Labute approximate surface area is 241 Å². The maximum atomic E-state index is 13.4. The Bertz CT molecular complexity index is 1270. The van der Waals surface area contributed by atoms with Gasteiger partial charge in [-0.1, -0.05) is 62.4 Å². The fraction of sp³-hybridized carbons (Fsp3) is 0.515. The predicted octanol–water partition coefficient (Wildman–Crippen LogP) is 5.17. The zero-order chi connectivity index (χ0) is 29.3. The van der Waals surface area contributed by atoms with Crippen LogP contribution >= 0.6 is 0 Å². The molecule has 1 aliphatic carbocycles. The smallest absolute Gasteiger partial charge is 0.355 e. The molecule has 8 heteroatoms. The van der Waals surface area contributed by atoms with Crippen LogP contribution < -0.4 is 0 Å². The lowest BCUT2D eigenvalue weighted by Crippen LogP contribution is -2.46. The number of fused-ring (bicyclic) bond motifs is 1. The van der Waals surface area contributed by atoms with E-state index >= 15 is 0 Å². The second-order valence-electron chi connectivity index (χ2n) is 11.8. The van der Waals surface area contributed by atoms with Crippen molar-refractivity contribution in [2.24, 2.45) is 23.7 Å². The summed E-state index contributed by atoms with van der Waals surface area (Å²) in [4.78, 5) is 29.4. The van der Waals surface area contributed by atoms with Crippen molar-refractivity contribution in [3.8, 4) is 0 Å². The Morgan fingerprint density at radius 2 is 1.90 bits per heavy atom. The van der Waals surface area contributed by atoms with Crippen molar-refractivity contribution < 1.29 is 33.6 Å². The number of hydrogen-bond acceptors (Lipinski definition) is 7. The van der Waals surface area contributed by atoms with Gasteiger partial charge < -0.3 is 29.0 Å². The molecule has 1 fully saturated rings. The number of carbonyl (C=O) groups is 2. The average Bonchev–Trinajstić information content (AvgIpc) is 3.61. The normalized spacial score (nSPS) is 34.9. The first-order chi connectivity index (χ1) is 19.6. The van der Waals surface area contributed by atoms with Crippen LogP contribution in [0.1, 0.15) is 62.7 Å². The SMILES string of the molecule is CO[C@H]1C[C@H]2C=C[C@@H]3C[C@]2(O[C@H]3[C@H](OC(=O)c2ccc[nH]2)[C@H](C)[C@H](C)O)/C(C)=C/[C@@H](C)[C@@H](c2ccccc2)OC1=O.